The van der Waals surface area contributed by atoms with Gasteiger partial charge in [-0.1, -0.05) is 53.8 Å². The highest BCUT2D eigenvalue weighted by Crippen LogP contribution is 2.37. The number of pyridine rings is 1. The maximum atomic E-state index is 13.5. The molecule has 0 bridgehead atoms. The van der Waals surface area contributed by atoms with Crippen molar-refractivity contribution >= 4 is 57.7 Å². The Morgan fingerprint density at radius 1 is 1.22 bits per heavy atom. The molecule has 1 aromatic heterocycles. The van der Waals surface area contributed by atoms with Crippen molar-refractivity contribution < 1.29 is 9.90 Å². The van der Waals surface area contributed by atoms with Gasteiger partial charge >= 0.3 is 0 Å². The molecule has 0 saturated carbocycles. The molecule has 0 spiro atoms. The van der Waals surface area contributed by atoms with Crippen LogP contribution in [0.4, 0.5) is 5.82 Å². The molecule has 2 saturated heterocycles. The molecule has 1 aromatic carbocycles. The highest BCUT2D eigenvalue weighted by Gasteiger charge is 2.34. The number of aliphatic hydroxyl groups is 1. The van der Waals surface area contributed by atoms with E-state index in [1.807, 2.05) is 25.1 Å². The topological polar surface area (TPSA) is 92.8 Å². The van der Waals surface area contributed by atoms with Crippen LogP contribution in [0, 0.1) is 18.3 Å². The number of amides is 1. The summed E-state index contributed by atoms with van der Waals surface area (Å²) >= 11 is 13.1. The molecule has 0 unspecified atom stereocenters. The summed E-state index contributed by atoms with van der Waals surface area (Å²) in [7, 11) is 0. The van der Waals surface area contributed by atoms with Crippen molar-refractivity contribution in [3.8, 4) is 6.07 Å². The number of aromatic nitrogens is 1. The zero-order valence-electron chi connectivity index (χ0n) is 20.7. The van der Waals surface area contributed by atoms with Gasteiger partial charge in [0.2, 0.25) is 0 Å². The fourth-order valence-electron chi connectivity index (χ4n) is 4.67. The van der Waals surface area contributed by atoms with Crippen molar-refractivity contribution in [3.05, 3.63) is 66.8 Å². The van der Waals surface area contributed by atoms with Crippen molar-refractivity contribution in [2.24, 2.45) is 0 Å². The van der Waals surface area contributed by atoms with Gasteiger partial charge in [-0.05, 0) is 37.1 Å². The Hall–Kier alpha value is -2.68. The summed E-state index contributed by atoms with van der Waals surface area (Å²) in [5.74, 6) is 0.463. The first-order chi connectivity index (χ1) is 17.8. The van der Waals surface area contributed by atoms with Crippen LogP contribution in [0.2, 0.25) is 5.02 Å². The van der Waals surface area contributed by atoms with Gasteiger partial charge in [0.25, 0.3) is 11.5 Å². The molecule has 4 rings (SSSR count). The monoisotopic (exact) mass is 557 g/mol. The fourth-order valence-corrected chi connectivity index (χ4v) is 6.10. The van der Waals surface area contributed by atoms with Gasteiger partial charge in [-0.25, -0.2) is 0 Å². The Morgan fingerprint density at radius 3 is 2.54 bits per heavy atom. The third-order valence-electron chi connectivity index (χ3n) is 6.69. The van der Waals surface area contributed by atoms with Crippen LogP contribution < -0.4 is 10.5 Å². The smallest absolute Gasteiger partial charge is 0.270 e. The van der Waals surface area contributed by atoms with E-state index in [1.54, 1.807) is 23.6 Å². The Kier molecular flexibility index (Phi) is 8.72. The Bertz CT molecular complexity index is 1360. The van der Waals surface area contributed by atoms with E-state index in [-0.39, 0.29) is 30.2 Å². The fraction of sp³-hybridized carbons (Fsp3) is 0.385. The quantitative estimate of drug-likeness (QED) is 0.410. The number of aliphatic hydroxyl groups excluding tert-OH is 1. The molecule has 0 aliphatic carbocycles. The SMILES string of the molecule is CCn1c(N2CCN(CCO)CC2)c(C=C2SC(=S)N(Cc3ccccc3Cl)C2=O)c(C)c(C#N)c1=O. The van der Waals surface area contributed by atoms with Crippen molar-refractivity contribution in [1.82, 2.24) is 14.4 Å². The molecule has 1 N–H and O–H groups in total. The minimum absolute atomic E-state index is 0.0716. The number of thioether (sulfide) groups is 1. The number of β-amino-alcohol motifs (C(OH)–C–C–N with tert-alkyl or cyclic N) is 1. The highest BCUT2D eigenvalue weighted by molar-refractivity contribution is 8.26. The molecular formula is C26H28ClN5O3S2. The van der Waals surface area contributed by atoms with E-state index in [2.05, 4.69) is 15.9 Å². The molecule has 8 nitrogen and oxygen atoms in total. The number of hydrogen-bond acceptors (Lipinski definition) is 8. The lowest BCUT2D eigenvalue weighted by Gasteiger charge is -2.37. The number of thiocarbonyl (C=S) groups is 1. The van der Waals surface area contributed by atoms with Gasteiger partial charge in [-0.2, -0.15) is 5.26 Å². The number of anilines is 1. The van der Waals surface area contributed by atoms with Gasteiger partial charge in [-0.15, -0.1) is 0 Å². The summed E-state index contributed by atoms with van der Waals surface area (Å²) in [6.07, 6.45) is 1.77. The molecule has 0 atom stereocenters. The summed E-state index contributed by atoms with van der Waals surface area (Å²) in [4.78, 5) is 32.9. The van der Waals surface area contributed by atoms with Gasteiger partial charge in [0, 0.05) is 49.9 Å². The summed E-state index contributed by atoms with van der Waals surface area (Å²) in [5.41, 5.74) is 1.75. The van der Waals surface area contributed by atoms with E-state index in [4.69, 9.17) is 23.8 Å². The molecule has 1 amide bonds. The molecule has 194 valence electrons. The molecule has 11 heteroatoms. The largest absolute Gasteiger partial charge is 0.395 e. The van der Waals surface area contributed by atoms with Crippen molar-refractivity contribution in [2.45, 2.75) is 26.9 Å². The van der Waals surface area contributed by atoms with Crippen LogP contribution in [0.25, 0.3) is 6.08 Å². The number of piperazine rings is 1. The number of carbonyl (C=O) groups excluding carboxylic acids is 1. The first-order valence-corrected chi connectivity index (χ1v) is 13.6. The number of hydrogen-bond donors (Lipinski definition) is 1. The van der Waals surface area contributed by atoms with Crippen molar-refractivity contribution in [1.29, 1.82) is 5.26 Å². The number of carbonyl (C=O) groups is 1. The maximum absolute atomic E-state index is 13.5. The standard InChI is InChI=1S/C26H28ClN5O3S2/c1-3-31-23(30-10-8-29(9-11-30)12-13-33)19(17(2)20(15-28)24(31)34)14-22-25(35)32(26(36)37-22)16-18-6-4-5-7-21(18)27/h4-7,14,33H,3,8-13,16H2,1-2H3. The van der Waals surface area contributed by atoms with Crippen molar-refractivity contribution in [2.75, 3.05) is 44.2 Å². The minimum Gasteiger partial charge on any atom is -0.395 e. The molecule has 2 fully saturated rings. The second kappa shape index (κ2) is 11.8. The summed E-state index contributed by atoms with van der Waals surface area (Å²) < 4.78 is 2.04. The summed E-state index contributed by atoms with van der Waals surface area (Å²) in [5, 5.41) is 19.6. The molecule has 3 heterocycles. The van der Waals surface area contributed by atoms with Gasteiger partial charge in [0.1, 0.15) is 21.8 Å². The first-order valence-electron chi connectivity index (χ1n) is 12.0. The van der Waals surface area contributed by atoms with Gasteiger partial charge < -0.3 is 10.0 Å². The average Bonchev–Trinajstić information content (AvgIpc) is 3.15. The number of benzene rings is 1. The Morgan fingerprint density at radius 2 is 1.92 bits per heavy atom. The zero-order valence-corrected chi connectivity index (χ0v) is 23.1. The summed E-state index contributed by atoms with van der Waals surface area (Å²) in [6, 6.07) is 9.40. The van der Waals surface area contributed by atoms with E-state index in [1.165, 1.54) is 16.7 Å². The van der Waals surface area contributed by atoms with E-state index >= 15 is 0 Å². The van der Waals surface area contributed by atoms with Crippen LogP contribution in [0.1, 0.15) is 29.2 Å². The molecule has 0 radical (unpaired) electrons. The van der Waals surface area contributed by atoms with Gasteiger partial charge in [0.15, 0.2) is 0 Å². The Labute approximate surface area is 230 Å². The van der Waals surface area contributed by atoms with Crippen LogP contribution in [-0.2, 0) is 17.9 Å². The van der Waals surface area contributed by atoms with Gasteiger partial charge in [-0.3, -0.25) is 24.0 Å². The van der Waals surface area contributed by atoms with Gasteiger partial charge in [0.05, 0.1) is 18.1 Å². The second-order valence-corrected chi connectivity index (χ2v) is 10.9. The highest BCUT2D eigenvalue weighted by atomic mass is 35.5. The molecular weight excluding hydrogens is 530 g/mol. The van der Waals surface area contributed by atoms with Crippen molar-refractivity contribution in [3.63, 3.8) is 0 Å². The molecule has 2 aromatic rings. The minimum atomic E-state index is -0.335. The van der Waals surface area contributed by atoms with Crippen LogP contribution in [0.5, 0.6) is 0 Å². The van der Waals surface area contributed by atoms with Crippen LogP contribution in [0.15, 0.2) is 34.0 Å². The number of rotatable bonds is 7. The Balaban J connectivity index is 1.76. The predicted molar refractivity (Wildman–Crippen MR) is 152 cm³/mol. The maximum Gasteiger partial charge on any atom is 0.270 e. The van der Waals surface area contributed by atoms with E-state index in [9.17, 15) is 20.0 Å². The van der Waals surface area contributed by atoms with E-state index < -0.39 is 0 Å². The lowest BCUT2D eigenvalue weighted by Crippen LogP contribution is -2.49. The zero-order chi connectivity index (χ0) is 26.7. The summed E-state index contributed by atoms with van der Waals surface area (Å²) in [6.45, 7) is 7.73. The second-order valence-electron chi connectivity index (χ2n) is 8.81. The third kappa shape index (κ3) is 5.47. The number of nitriles is 1. The van der Waals surface area contributed by atoms with Crippen LogP contribution in [0.3, 0.4) is 0 Å². The first kappa shape index (κ1) is 27.4. The van der Waals surface area contributed by atoms with E-state index in [0.717, 1.165) is 18.7 Å². The molecule has 37 heavy (non-hydrogen) atoms. The van der Waals surface area contributed by atoms with Crippen LogP contribution >= 0.6 is 35.6 Å². The molecule has 2 aliphatic rings. The lowest BCUT2D eigenvalue weighted by atomic mass is 10.0. The average molecular weight is 558 g/mol. The normalized spacial score (nSPS) is 17.6. The van der Waals surface area contributed by atoms with Crippen LogP contribution in [-0.4, -0.2) is 69.0 Å². The number of nitrogens with zero attached hydrogens (tertiary/aromatic N) is 5. The predicted octanol–water partition coefficient (Wildman–Crippen LogP) is 3.22. The molecule has 2 aliphatic heterocycles. The number of halogens is 1. The van der Waals surface area contributed by atoms with E-state index in [0.29, 0.717) is 57.4 Å². The lowest BCUT2D eigenvalue weighted by molar-refractivity contribution is -0.122. The third-order valence-corrected chi connectivity index (χ3v) is 8.43.